The van der Waals surface area contributed by atoms with Crippen LogP contribution in [0.5, 0.6) is 0 Å². The fraction of sp³-hybridized carbons (Fsp3) is 0.500. The van der Waals surface area contributed by atoms with Gasteiger partial charge in [0.2, 0.25) is 0 Å². The molecule has 0 spiro atoms. The lowest BCUT2D eigenvalue weighted by molar-refractivity contribution is 0.0559. The maximum Gasteiger partial charge on any atom is 0.250 e. The van der Waals surface area contributed by atoms with Crippen LogP contribution in [0.15, 0.2) is 18.2 Å². The van der Waals surface area contributed by atoms with Gasteiger partial charge in [0.05, 0.1) is 22.5 Å². The third-order valence-corrected chi connectivity index (χ3v) is 3.83. The average Bonchev–Trinajstić information content (AvgIpc) is 2.75. The van der Waals surface area contributed by atoms with Gasteiger partial charge in [0.1, 0.15) is 0 Å². The van der Waals surface area contributed by atoms with Crippen molar-refractivity contribution in [2.75, 3.05) is 24.2 Å². The Kier molecular flexibility index (Phi) is 3.66. The summed E-state index contributed by atoms with van der Waals surface area (Å²) in [6.45, 7) is 0.513. The SMILES string of the molecule is CN(CC1(O)CCCC1)c1cccc(C(N)=O)c1N. The molecular formula is C14H21N3O2. The highest BCUT2D eigenvalue weighted by Crippen LogP contribution is 2.33. The van der Waals surface area contributed by atoms with E-state index in [9.17, 15) is 9.90 Å². The van der Waals surface area contributed by atoms with Gasteiger partial charge in [-0.25, -0.2) is 0 Å². The van der Waals surface area contributed by atoms with Crippen molar-refractivity contribution in [1.82, 2.24) is 0 Å². The highest BCUT2D eigenvalue weighted by Gasteiger charge is 2.32. The van der Waals surface area contributed by atoms with Gasteiger partial charge < -0.3 is 21.5 Å². The summed E-state index contributed by atoms with van der Waals surface area (Å²) in [5.41, 5.74) is 12.0. The van der Waals surface area contributed by atoms with Crippen molar-refractivity contribution < 1.29 is 9.90 Å². The number of para-hydroxylation sites is 1. The van der Waals surface area contributed by atoms with Gasteiger partial charge in [-0.3, -0.25) is 4.79 Å². The smallest absolute Gasteiger partial charge is 0.250 e. The van der Waals surface area contributed by atoms with Crippen molar-refractivity contribution >= 4 is 17.3 Å². The van der Waals surface area contributed by atoms with Gasteiger partial charge in [-0.2, -0.15) is 0 Å². The largest absolute Gasteiger partial charge is 0.396 e. The fourth-order valence-electron chi connectivity index (χ4n) is 2.82. The number of hydrogen-bond acceptors (Lipinski definition) is 4. The van der Waals surface area contributed by atoms with Crippen molar-refractivity contribution in [2.45, 2.75) is 31.3 Å². The molecule has 0 atom stereocenters. The number of carbonyl (C=O) groups is 1. The zero-order chi connectivity index (χ0) is 14.0. The van der Waals surface area contributed by atoms with Crippen molar-refractivity contribution in [2.24, 2.45) is 5.73 Å². The lowest BCUT2D eigenvalue weighted by Crippen LogP contribution is -2.39. The first kappa shape index (κ1) is 13.7. The predicted molar refractivity (Wildman–Crippen MR) is 76.1 cm³/mol. The topological polar surface area (TPSA) is 92.6 Å². The van der Waals surface area contributed by atoms with Crippen LogP contribution in [-0.4, -0.2) is 30.2 Å². The Hall–Kier alpha value is -1.75. The first-order chi connectivity index (χ1) is 8.93. The number of aliphatic hydroxyl groups is 1. The summed E-state index contributed by atoms with van der Waals surface area (Å²) in [7, 11) is 1.87. The second kappa shape index (κ2) is 5.09. The Balaban J connectivity index is 2.21. The zero-order valence-corrected chi connectivity index (χ0v) is 11.2. The summed E-state index contributed by atoms with van der Waals surface area (Å²) in [4.78, 5) is 13.2. The number of nitrogen functional groups attached to an aromatic ring is 1. The molecule has 1 amide bonds. The average molecular weight is 263 g/mol. The third kappa shape index (κ3) is 2.81. The van der Waals surface area contributed by atoms with Crippen LogP contribution in [0.1, 0.15) is 36.0 Å². The Morgan fingerprint density at radius 1 is 1.42 bits per heavy atom. The minimum Gasteiger partial charge on any atom is -0.396 e. The van der Waals surface area contributed by atoms with Crippen molar-refractivity contribution in [3.63, 3.8) is 0 Å². The molecule has 1 aliphatic carbocycles. The molecule has 0 aromatic heterocycles. The monoisotopic (exact) mass is 263 g/mol. The van der Waals surface area contributed by atoms with E-state index in [1.807, 2.05) is 18.0 Å². The zero-order valence-electron chi connectivity index (χ0n) is 11.2. The molecule has 1 aliphatic rings. The molecule has 1 fully saturated rings. The van der Waals surface area contributed by atoms with E-state index in [2.05, 4.69) is 0 Å². The summed E-state index contributed by atoms with van der Waals surface area (Å²) >= 11 is 0. The van der Waals surface area contributed by atoms with Gasteiger partial charge in [0, 0.05) is 13.6 Å². The Morgan fingerprint density at radius 2 is 2.05 bits per heavy atom. The first-order valence-corrected chi connectivity index (χ1v) is 6.55. The molecule has 5 N–H and O–H groups in total. The molecule has 5 nitrogen and oxygen atoms in total. The number of primary amides is 1. The molecule has 1 aromatic rings. The summed E-state index contributed by atoms with van der Waals surface area (Å²) in [5, 5.41) is 10.4. The summed E-state index contributed by atoms with van der Waals surface area (Å²) in [6.07, 6.45) is 3.74. The quantitative estimate of drug-likeness (QED) is 0.709. The van der Waals surface area contributed by atoms with Crippen LogP contribution in [0, 0.1) is 0 Å². The normalized spacial score (nSPS) is 17.4. The van der Waals surface area contributed by atoms with Crippen molar-refractivity contribution in [1.29, 1.82) is 0 Å². The standard InChI is InChI=1S/C14H21N3O2/c1-17(9-14(19)7-2-3-8-14)11-6-4-5-10(12(11)15)13(16)18/h4-6,19H,2-3,7-9,15H2,1H3,(H2,16,18). The minimum atomic E-state index is -0.649. The van der Waals surface area contributed by atoms with Gasteiger partial charge in [-0.05, 0) is 25.0 Å². The lowest BCUT2D eigenvalue weighted by atomic mass is 10.0. The number of anilines is 2. The number of likely N-dealkylation sites (N-methyl/N-ethyl adjacent to an activating group) is 1. The van der Waals surface area contributed by atoms with Crippen LogP contribution in [0.4, 0.5) is 11.4 Å². The van der Waals surface area contributed by atoms with Gasteiger partial charge in [-0.1, -0.05) is 18.9 Å². The molecule has 5 heteroatoms. The number of carbonyl (C=O) groups excluding carboxylic acids is 1. The first-order valence-electron chi connectivity index (χ1n) is 6.55. The van der Waals surface area contributed by atoms with Crippen molar-refractivity contribution in [3.05, 3.63) is 23.8 Å². The van der Waals surface area contributed by atoms with Crippen LogP contribution >= 0.6 is 0 Å². The fourth-order valence-corrected chi connectivity index (χ4v) is 2.82. The van der Waals surface area contributed by atoms with Crippen LogP contribution in [0.2, 0.25) is 0 Å². The predicted octanol–water partition coefficient (Wildman–Crippen LogP) is 1.11. The molecule has 2 rings (SSSR count). The van der Waals surface area contributed by atoms with E-state index in [1.54, 1.807) is 12.1 Å². The molecule has 0 heterocycles. The number of rotatable bonds is 4. The van der Waals surface area contributed by atoms with E-state index < -0.39 is 11.5 Å². The number of amides is 1. The molecule has 104 valence electrons. The maximum atomic E-state index is 11.3. The van der Waals surface area contributed by atoms with Gasteiger partial charge >= 0.3 is 0 Å². The molecule has 1 aromatic carbocycles. The van der Waals surface area contributed by atoms with Crippen LogP contribution < -0.4 is 16.4 Å². The van der Waals surface area contributed by atoms with E-state index >= 15 is 0 Å². The molecule has 0 aliphatic heterocycles. The van der Waals surface area contributed by atoms with E-state index in [0.717, 1.165) is 31.4 Å². The number of nitrogens with two attached hydrogens (primary N) is 2. The van der Waals surface area contributed by atoms with Crippen LogP contribution in [0.25, 0.3) is 0 Å². The molecule has 0 radical (unpaired) electrons. The number of hydrogen-bond donors (Lipinski definition) is 3. The highest BCUT2D eigenvalue weighted by molar-refractivity contribution is 6.00. The van der Waals surface area contributed by atoms with Gasteiger partial charge in [0.25, 0.3) is 5.91 Å². The van der Waals surface area contributed by atoms with E-state index in [0.29, 0.717) is 17.8 Å². The van der Waals surface area contributed by atoms with Crippen molar-refractivity contribution in [3.8, 4) is 0 Å². The summed E-state index contributed by atoms with van der Waals surface area (Å²) < 4.78 is 0. The third-order valence-electron chi connectivity index (χ3n) is 3.83. The Labute approximate surface area is 113 Å². The highest BCUT2D eigenvalue weighted by atomic mass is 16.3. The second-order valence-corrected chi connectivity index (χ2v) is 5.39. The van der Waals surface area contributed by atoms with E-state index in [1.165, 1.54) is 0 Å². The lowest BCUT2D eigenvalue weighted by Gasteiger charge is -2.31. The Morgan fingerprint density at radius 3 is 2.63 bits per heavy atom. The van der Waals surface area contributed by atoms with E-state index in [-0.39, 0.29) is 0 Å². The molecular weight excluding hydrogens is 242 g/mol. The van der Waals surface area contributed by atoms with Gasteiger partial charge in [0.15, 0.2) is 0 Å². The Bertz CT molecular complexity index is 482. The number of nitrogens with zero attached hydrogens (tertiary/aromatic N) is 1. The molecule has 0 bridgehead atoms. The minimum absolute atomic E-state index is 0.322. The summed E-state index contributed by atoms with van der Waals surface area (Å²) in [6, 6.07) is 5.19. The molecule has 0 saturated heterocycles. The van der Waals surface area contributed by atoms with E-state index in [4.69, 9.17) is 11.5 Å². The molecule has 19 heavy (non-hydrogen) atoms. The summed E-state index contributed by atoms with van der Waals surface area (Å²) in [5.74, 6) is -0.535. The van der Waals surface area contributed by atoms with Gasteiger partial charge in [-0.15, -0.1) is 0 Å². The number of benzene rings is 1. The molecule has 0 unspecified atom stereocenters. The molecule has 1 saturated carbocycles. The second-order valence-electron chi connectivity index (χ2n) is 5.39. The van der Waals surface area contributed by atoms with Crippen LogP contribution in [-0.2, 0) is 0 Å². The van der Waals surface area contributed by atoms with Crippen LogP contribution in [0.3, 0.4) is 0 Å². The maximum absolute atomic E-state index is 11.3.